The van der Waals surface area contributed by atoms with Crippen LogP contribution >= 0.6 is 0 Å². The summed E-state index contributed by atoms with van der Waals surface area (Å²) in [6, 6.07) is 3.49. The molecule has 0 saturated heterocycles. The third-order valence-electron chi connectivity index (χ3n) is 6.48. The largest absolute Gasteiger partial charge is 0.481 e. The quantitative estimate of drug-likeness (QED) is 0.0603. The highest BCUT2D eigenvalue weighted by Crippen LogP contribution is 2.29. The first-order chi connectivity index (χ1) is 25.6. The van der Waals surface area contributed by atoms with Gasteiger partial charge in [-0.15, -0.1) is 0 Å². The molecule has 0 aliphatic carbocycles. The normalized spacial score (nSPS) is 11.6. The fraction of sp³-hybridized carbons (Fsp3) is 0.667. The molecular weight excluding hydrogens is 708 g/mol. The van der Waals surface area contributed by atoms with Gasteiger partial charge >= 0.3 is 18.0 Å². The first-order valence-corrected chi connectivity index (χ1v) is 18.2. The average molecular weight is 775 g/mol. The number of urea groups is 1. The van der Waals surface area contributed by atoms with E-state index in [1.54, 1.807) is 59.9 Å². The van der Waals surface area contributed by atoms with E-state index in [2.05, 4.69) is 26.6 Å². The van der Waals surface area contributed by atoms with Gasteiger partial charge in [-0.3, -0.25) is 24.0 Å². The summed E-state index contributed by atoms with van der Waals surface area (Å²) < 4.78 is 16.7. The molecule has 5 amide bonds. The number of benzene rings is 1. The van der Waals surface area contributed by atoms with Crippen LogP contribution in [-0.2, 0) is 40.1 Å². The molecule has 0 aromatic heterocycles. The maximum Gasteiger partial charge on any atom is 0.312 e. The lowest BCUT2D eigenvalue weighted by molar-refractivity contribution is -0.144. The van der Waals surface area contributed by atoms with Gasteiger partial charge in [0.1, 0.15) is 18.4 Å². The highest BCUT2D eigenvalue weighted by Gasteiger charge is 2.25. The summed E-state index contributed by atoms with van der Waals surface area (Å²) in [7, 11) is 1.61. The zero-order valence-corrected chi connectivity index (χ0v) is 33.4. The van der Waals surface area contributed by atoms with Gasteiger partial charge in [-0.25, -0.2) is 4.79 Å². The fourth-order valence-electron chi connectivity index (χ4n) is 3.63. The van der Waals surface area contributed by atoms with Crippen LogP contribution in [-0.4, -0.2) is 109 Å². The van der Waals surface area contributed by atoms with E-state index < -0.39 is 42.3 Å². The molecule has 312 valence electrons. The van der Waals surface area contributed by atoms with E-state index >= 15 is 0 Å². The lowest BCUT2D eigenvalue weighted by Gasteiger charge is -2.24. The number of hydrogen-bond donors (Lipinski definition) is 9. The second-order valence-electron chi connectivity index (χ2n) is 11.4. The van der Waals surface area contributed by atoms with Gasteiger partial charge in [0.15, 0.2) is 0 Å². The Morgan fingerprint density at radius 1 is 0.926 bits per heavy atom. The van der Waals surface area contributed by atoms with Crippen molar-refractivity contribution >= 4 is 41.4 Å². The van der Waals surface area contributed by atoms with E-state index in [9.17, 15) is 39.0 Å². The number of anilines is 1. The number of carbonyl (C=O) groups excluding carboxylic acids is 5. The Morgan fingerprint density at radius 3 is 2.02 bits per heavy atom. The number of ether oxygens (including phenoxy) is 3. The average Bonchev–Trinajstić information content (AvgIpc) is 3.15. The second-order valence-corrected chi connectivity index (χ2v) is 11.4. The Kier molecular flexibility index (Phi) is 34.2. The van der Waals surface area contributed by atoms with Crippen LogP contribution in [0.1, 0.15) is 93.1 Å². The molecule has 1 aromatic rings. The number of rotatable bonds is 22. The van der Waals surface area contributed by atoms with Crippen molar-refractivity contribution in [2.24, 2.45) is 11.7 Å². The van der Waals surface area contributed by atoms with Gasteiger partial charge in [0.05, 0.1) is 38.1 Å². The Hall–Kier alpha value is -4.52. The zero-order valence-electron chi connectivity index (χ0n) is 33.4. The summed E-state index contributed by atoms with van der Waals surface area (Å²) in [5.41, 5.74) is 5.56. The molecule has 54 heavy (non-hydrogen) atoms. The van der Waals surface area contributed by atoms with Gasteiger partial charge in [-0.2, -0.15) is 0 Å². The summed E-state index contributed by atoms with van der Waals surface area (Å²) in [4.78, 5) is 68.2. The smallest absolute Gasteiger partial charge is 0.312 e. The van der Waals surface area contributed by atoms with Gasteiger partial charge < -0.3 is 61.8 Å². The summed E-state index contributed by atoms with van der Waals surface area (Å²) >= 11 is 0. The van der Waals surface area contributed by atoms with Crippen molar-refractivity contribution in [2.75, 3.05) is 45.2 Å². The van der Waals surface area contributed by atoms with E-state index in [-0.39, 0.29) is 81.4 Å². The monoisotopic (exact) mass is 774 g/mol. The molecule has 3 unspecified atom stereocenters. The number of primary amides is 1. The lowest BCUT2D eigenvalue weighted by Crippen LogP contribution is -2.52. The number of aliphatic hydroxyl groups excluding tert-OH is 2. The molecule has 10 N–H and O–H groups in total. The number of carbonyl (C=O) groups is 6. The van der Waals surface area contributed by atoms with E-state index in [1.807, 2.05) is 20.8 Å². The van der Waals surface area contributed by atoms with Crippen molar-refractivity contribution in [3.8, 4) is 5.75 Å². The highest BCUT2D eigenvalue weighted by molar-refractivity contribution is 5.97. The Morgan fingerprint density at radius 2 is 1.56 bits per heavy atom. The molecule has 0 saturated carbocycles. The maximum atomic E-state index is 12.8. The minimum atomic E-state index is -0.945. The van der Waals surface area contributed by atoms with Crippen molar-refractivity contribution in [2.45, 2.75) is 113 Å². The maximum absolute atomic E-state index is 12.8. The van der Waals surface area contributed by atoms with Gasteiger partial charge in [0.25, 0.3) is 0 Å². The molecule has 18 heteroatoms. The number of esters is 1. The molecule has 0 aliphatic heterocycles. The summed E-state index contributed by atoms with van der Waals surface area (Å²) in [5.74, 6) is -2.59. The molecule has 0 fully saturated rings. The summed E-state index contributed by atoms with van der Waals surface area (Å²) in [6.07, 6.45) is 0.248. The third-order valence-corrected chi connectivity index (χ3v) is 6.48. The van der Waals surface area contributed by atoms with Crippen LogP contribution in [0.3, 0.4) is 0 Å². The van der Waals surface area contributed by atoms with Crippen LogP contribution in [0.2, 0.25) is 0 Å². The second kappa shape index (κ2) is 34.3. The molecule has 1 rings (SSSR count). The molecule has 0 spiro atoms. The minimum Gasteiger partial charge on any atom is -0.481 e. The first-order valence-electron chi connectivity index (χ1n) is 18.2. The summed E-state index contributed by atoms with van der Waals surface area (Å²) in [5, 5.41) is 40.0. The van der Waals surface area contributed by atoms with Crippen molar-refractivity contribution < 1.29 is 58.3 Å². The standard InChI is InChI=1S/C27H44N4O9.C4H10N2O.C3H6O2.C2H6/c1-6-19(33)13-25(38-11-10-32)40-21-12-18(16-39-24(36)7-2)8-9-20(21)30-23(35)15-29-27(37)26(17(3)4)31-22(34)14-28-5;1-2-3-6-4(5)7;1-2-3(4)5;1-2/h8-9,12,17,19,25-26,28,32-33H,6-7,10-11,13-16H2,1-5H3,(H,29,37)(H,30,35)(H,31,34);2-3H2,1H3,(H3,5,6,7);2H2,1H3,(H,4,5);1-2H3. The predicted octanol–water partition coefficient (Wildman–Crippen LogP) is 2.00. The molecular formula is C36H66N6O12. The van der Waals surface area contributed by atoms with E-state index in [4.69, 9.17) is 25.1 Å². The molecule has 3 atom stereocenters. The topological polar surface area (TPSA) is 277 Å². The Bertz CT molecular complexity index is 1220. The van der Waals surface area contributed by atoms with Crippen LogP contribution < -0.4 is 37.1 Å². The third kappa shape index (κ3) is 29.0. The van der Waals surface area contributed by atoms with E-state index in [1.165, 1.54) is 0 Å². The number of nitrogens with one attached hydrogen (secondary N) is 5. The number of aliphatic carboxylic acids is 1. The van der Waals surface area contributed by atoms with Crippen molar-refractivity contribution in [3.63, 3.8) is 0 Å². The van der Waals surface area contributed by atoms with Crippen LogP contribution in [0.4, 0.5) is 10.5 Å². The van der Waals surface area contributed by atoms with Crippen LogP contribution in [0, 0.1) is 5.92 Å². The van der Waals surface area contributed by atoms with Gasteiger partial charge in [-0.05, 0) is 43.5 Å². The van der Waals surface area contributed by atoms with Gasteiger partial charge in [0.2, 0.25) is 24.0 Å². The SMILES string of the molecule is CC.CCC(=O)O.CCC(=O)OCc1ccc(NC(=O)CNC(=O)C(NC(=O)CNC)C(C)C)c(OC(CC(O)CC)OCCO)c1.CCCNC(N)=O. The highest BCUT2D eigenvalue weighted by atomic mass is 16.7. The number of carboxylic acids is 1. The number of carboxylic acid groups (broad SMARTS) is 1. The van der Waals surface area contributed by atoms with E-state index in [0.717, 1.165) is 6.42 Å². The number of amides is 5. The van der Waals surface area contributed by atoms with Crippen LogP contribution in [0.5, 0.6) is 5.75 Å². The Labute approximate surface area is 319 Å². The molecule has 0 bridgehead atoms. The van der Waals surface area contributed by atoms with Crippen LogP contribution in [0.25, 0.3) is 0 Å². The lowest BCUT2D eigenvalue weighted by atomic mass is 10.0. The molecule has 18 nitrogen and oxygen atoms in total. The zero-order chi connectivity index (χ0) is 42.1. The first kappa shape index (κ1) is 53.8. The molecule has 0 aliphatic rings. The molecule has 1 aromatic carbocycles. The molecule has 0 radical (unpaired) electrons. The van der Waals surface area contributed by atoms with E-state index in [0.29, 0.717) is 18.5 Å². The van der Waals surface area contributed by atoms with Crippen molar-refractivity contribution in [3.05, 3.63) is 23.8 Å². The Balaban J connectivity index is -0.00000157. The fourth-order valence-corrected chi connectivity index (χ4v) is 3.63. The summed E-state index contributed by atoms with van der Waals surface area (Å²) in [6.45, 7) is 14.6. The molecule has 0 heterocycles. The predicted molar refractivity (Wildman–Crippen MR) is 204 cm³/mol. The number of aliphatic hydroxyl groups is 2. The van der Waals surface area contributed by atoms with Crippen LogP contribution in [0.15, 0.2) is 18.2 Å². The number of nitrogens with two attached hydrogens (primary N) is 1. The minimum absolute atomic E-state index is 0.0249. The number of likely N-dealkylation sites (N-methyl/N-ethyl adjacent to an activating group) is 1. The number of hydrogen-bond acceptors (Lipinski definition) is 12. The van der Waals surface area contributed by atoms with Crippen molar-refractivity contribution in [1.82, 2.24) is 21.3 Å². The van der Waals surface area contributed by atoms with Gasteiger partial charge in [0, 0.05) is 25.8 Å². The van der Waals surface area contributed by atoms with Crippen molar-refractivity contribution in [1.29, 1.82) is 0 Å². The van der Waals surface area contributed by atoms with Gasteiger partial charge in [-0.1, -0.05) is 61.5 Å².